The Morgan fingerprint density at radius 3 is 2.91 bits per heavy atom. The van der Waals surface area contributed by atoms with Gasteiger partial charge < -0.3 is 15.7 Å². The topological polar surface area (TPSA) is 92.3 Å². The quantitative estimate of drug-likeness (QED) is 0.845. The third kappa shape index (κ3) is 3.41. The third-order valence-corrected chi connectivity index (χ3v) is 4.08. The first-order valence-corrected chi connectivity index (χ1v) is 7.72. The van der Waals surface area contributed by atoms with Crippen molar-refractivity contribution in [1.29, 1.82) is 0 Å². The van der Waals surface area contributed by atoms with Crippen LogP contribution in [0.1, 0.15) is 18.5 Å². The molecule has 23 heavy (non-hydrogen) atoms. The summed E-state index contributed by atoms with van der Waals surface area (Å²) in [5.41, 5.74) is 8.21. The Hall–Kier alpha value is -2.63. The lowest BCUT2D eigenvalue weighted by Gasteiger charge is -2.31. The molecule has 0 bridgehead atoms. The summed E-state index contributed by atoms with van der Waals surface area (Å²) in [4.78, 5) is 22.4. The summed E-state index contributed by atoms with van der Waals surface area (Å²) in [6, 6.07) is 9.36. The Morgan fingerprint density at radius 2 is 2.17 bits per heavy atom. The summed E-state index contributed by atoms with van der Waals surface area (Å²) in [7, 11) is 0. The molecule has 1 aromatic heterocycles. The zero-order valence-corrected chi connectivity index (χ0v) is 13.1. The number of piperidine rings is 1. The SMILES string of the molecule is Cc1cc(N2CCC[C@@H](C(=O)O)C2)nc(-c2cccc(N)c2)n1. The maximum atomic E-state index is 11.3. The fraction of sp³-hybridized carbons (Fsp3) is 0.353. The molecule has 0 saturated carbocycles. The second kappa shape index (κ2) is 6.24. The van der Waals surface area contributed by atoms with Crippen molar-refractivity contribution in [3.63, 3.8) is 0 Å². The van der Waals surface area contributed by atoms with E-state index < -0.39 is 5.97 Å². The van der Waals surface area contributed by atoms with Gasteiger partial charge in [0, 0.05) is 36.1 Å². The van der Waals surface area contributed by atoms with Gasteiger partial charge in [0.1, 0.15) is 5.82 Å². The number of benzene rings is 1. The summed E-state index contributed by atoms with van der Waals surface area (Å²) >= 11 is 0. The van der Waals surface area contributed by atoms with Gasteiger partial charge in [0.2, 0.25) is 0 Å². The molecule has 1 fully saturated rings. The number of aromatic nitrogens is 2. The van der Waals surface area contributed by atoms with Crippen LogP contribution in [0.2, 0.25) is 0 Å². The van der Waals surface area contributed by atoms with Crippen molar-refractivity contribution in [2.24, 2.45) is 5.92 Å². The van der Waals surface area contributed by atoms with Gasteiger partial charge in [-0.25, -0.2) is 9.97 Å². The number of rotatable bonds is 3. The van der Waals surface area contributed by atoms with Crippen LogP contribution in [0.4, 0.5) is 11.5 Å². The highest BCUT2D eigenvalue weighted by Crippen LogP contribution is 2.25. The number of carboxylic acid groups (broad SMARTS) is 1. The predicted molar refractivity (Wildman–Crippen MR) is 89.2 cm³/mol. The highest BCUT2D eigenvalue weighted by Gasteiger charge is 2.26. The molecule has 3 N–H and O–H groups in total. The van der Waals surface area contributed by atoms with E-state index in [9.17, 15) is 9.90 Å². The van der Waals surface area contributed by atoms with Gasteiger partial charge in [-0.05, 0) is 31.9 Å². The van der Waals surface area contributed by atoms with Crippen molar-refractivity contribution in [3.8, 4) is 11.4 Å². The highest BCUT2D eigenvalue weighted by atomic mass is 16.4. The fourth-order valence-corrected chi connectivity index (χ4v) is 2.91. The molecule has 0 unspecified atom stereocenters. The van der Waals surface area contributed by atoms with Crippen molar-refractivity contribution < 1.29 is 9.90 Å². The van der Waals surface area contributed by atoms with Crippen LogP contribution >= 0.6 is 0 Å². The lowest BCUT2D eigenvalue weighted by Crippen LogP contribution is -2.39. The van der Waals surface area contributed by atoms with E-state index in [1.54, 1.807) is 0 Å². The second-order valence-corrected chi connectivity index (χ2v) is 5.94. The average Bonchev–Trinajstić information content (AvgIpc) is 2.54. The minimum absolute atomic E-state index is 0.338. The summed E-state index contributed by atoms with van der Waals surface area (Å²) in [5, 5.41) is 9.25. The van der Waals surface area contributed by atoms with Crippen molar-refractivity contribution >= 4 is 17.5 Å². The van der Waals surface area contributed by atoms with E-state index >= 15 is 0 Å². The molecule has 120 valence electrons. The number of carboxylic acids is 1. The number of aryl methyl sites for hydroxylation is 1. The molecule has 0 aliphatic carbocycles. The molecule has 1 aromatic carbocycles. The van der Waals surface area contributed by atoms with Crippen molar-refractivity contribution in [2.45, 2.75) is 19.8 Å². The zero-order chi connectivity index (χ0) is 16.4. The van der Waals surface area contributed by atoms with Crippen molar-refractivity contribution in [3.05, 3.63) is 36.0 Å². The van der Waals surface area contributed by atoms with E-state index in [1.165, 1.54) is 0 Å². The number of nitrogen functional groups attached to an aromatic ring is 1. The Bertz CT molecular complexity index is 732. The standard InChI is InChI=1S/C17H20N4O2/c1-11-8-15(21-7-3-5-13(10-21)17(22)23)20-16(19-11)12-4-2-6-14(18)9-12/h2,4,6,8-9,13H,3,5,7,10,18H2,1H3,(H,22,23)/t13-/m1/s1. The van der Waals surface area contributed by atoms with Gasteiger partial charge in [0.05, 0.1) is 5.92 Å². The van der Waals surface area contributed by atoms with Crippen LogP contribution in [0.25, 0.3) is 11.4 Å². The van der Waals surface area contributed by atoms with Crippen LogP contribution in [0.15, 0.2) is 30.3 Å². The van der Waals surface area contributed by atoms with E-state index in [4.69, 9.17) is 5.73 Å². The molecule has 0 spiro atoms. The second-order valence-electron chi connectivity index (χ2n) is 5.94. The van der Waals surface area contributed by atoms with Crippen molar-refractivity contribution in [1.82, 2.24) is 9.97 Å². The Morgan fingerprint density at radius 1 is 1.35 bits per heavy atom. The van der Waals surface area contributed by atoms with Crippen LogP contribution < -0.4 is 10.6 Å². The van der Waals surface area contributed by atoms with E-state index in [0.717, 1.165) is 36.5 Å². The van der Waals surface area contributed by atoms with Gasteiger partial charge in [0.15, 0.2) is 5.82 Å². The Kier molecular flexibility index (Phi) is 4.14. The zero-order valence-electron chi connectivity index (χ0n) is 13.1. The molecule has 0 radical (unpaired) electrons. The van der Waals surface area contributed by atoms with Gasteiger partial charge in [-0.15, -0.1) is 0 Å². The first kappa shape index (κ1) is 15.3. The average molecular weight is 312 g/mol. The highest BCUT2D eigenvalue weighted by molar-refractivity contribution is 5.71. The molecule has 1 atom stereocenters. The lowest BCUT2D eigenvalue weighted by molar-refractivity contribution is -0.141. The monoisotopic (exact) mass is 312 g/mol. The van der Waals surface area contributed by atoms with Gasteiger partial charge in [0.25, 0.3) is 0 Å². The van der Waals surface area contributed by atoms with Crippen LogP contribution in [-0.2, 0) is 4.79 Å². The van der Waals surface area contributed by atoms with Gasteiger partial charge in [-0.2, -0.15) is 0 Å². The summed E-state index contributed by atoms with van der Waals surface area (Å²) in [5.74, 6) is 0.317. The fourth-order valence-electron chi connectivity index (χ4n) is 2.91. The largest absolute Gasteiger partial charge is 0.481 e. The van der Waals surface area contributed by atoms with E-state index in [2.05, 4.69) is 9.97 Å². The molecule has 1 saturated heterocycles. The molecular weight excluding hydrogens is 292 g/mol. The van der Waals surface area contributed by atoms with E-state index in [1.807, 2.05) is 42.2 Å². The molecular formula is C17H20N4O2. The summed E-state index contributed by atoms with van der Waals surface area (Å²) in [6.45, 7) is 3.22. The molecule has 6 nitrogen and oxygen atoms in total. The van der Waals surface area contributed by atoms with Crippen molar-refractivity contribution in [2.75, 3.05) is 23.7 Å². The minimum atomic E-state index is -0.739. The normalized spacial score (nSPS) is 18.0. The number of nitrogens with two attached hydrogens (primary N) is 1. The lowest BCUT2D eigenvalue weighted by atomic mass is 9.98. The van der Waals surface area contributed by atoms with Gasteiger partial charge in [-0.1, -0.05) is 12.1 Å². The van der Waals surface area contributed by atoms with Crippen LogP contribution in [0.5, 0.6) is 0 Å². The first-order valence-electron chi connectivity index (χ1n) is 7.72. The molecule has 1 aliphatic heterocycles. The number of hydrogen-bond donors (Lipinski definition) is 2. The molecule has 3 rings (SSSR count). The van der Waals surface area contributed by atoms with Gasteiger partial charge in [-0.3, -0.25) is 4.79 Å². The Labute approximate surface area is 135 Å². The smallest absolute Gasteiger partial charge is 0.308 e. The van der Waals surface area contributed by atoms with E-state index in [0.29, 0.717) is 18.1 Å². The number of carbonyl (C=O) groups is 1. The van der Waals surface area contributed by atoms with Gasteiger partial charge >= 0.3 is 5.97 Å². The maximum Gasteiger partial charge on any atom is 0.308 e. The predicted octanol–water partition coefficient (Wildman–Crippen LogP) is 2.34. The number of anilines is 2. The molecule has 6 heteroatoms. The maximum absolute atomic E-state index is 11.3. The molecule has 0 amide bonds. The van der Waals surface area contributed by atoms with Crippen LogP contribution in [0, 0.1) is 12.8 Å². The first-order chi connectivity index (χ1) is 11.0. The van der Waals surface area contributed by atoms with E-state index in [-0.39, 0.29) is 5.92 Å². The number of hydrogen-bond acceptors (Lipinski definition) is 5. The number of nitrogens with zero attached hydrogens (tertiary/aromatic N) is 3. The molecule has 2 heterocycles. The Balaban J connectivity index is 1.93. The molecule has 2 aromatic rings. The minimum Gasteiger partial charge on any atom is -0.481 e. The third-order valence-electron chi connectivity index (χ3n) is 4.08. The molecule has 1 aliphatic rings. The van der Waals surface area contributed by atoms with Crippen LogP contribution in [0.3, 0.4) is 0 Å². The summed E-state index contributed by atoms with van der Waals surface area (Å²) < 4.78 is 0. The summed E-state index contributed by atoms with van der Waals surface area (Å²) in [6.07, 6.45) is 1.58. The van der Waals surface area contributed by atoms with Crippen LogP contribution in [-0.4, -0.2) is 34.1 Å². The number of aliphatic carboxylic acids is 1.